The van der Waals surface area contributed by atoms with Crippen molar-refractivity contribution in [1.29, 1.82) is 0 Å². The van der Waals surface area contributed by atoms with Crippen molar-refractivity contribution in [3.8, 4) is 11.7 Å². The second kappa shape index (κ2) is 5.79. The molecule has 1 aromatic carbocycles. The minimum absolute atomic E-state index is 0.195. The molecule has 0 spiro atoms. The summed E-state index contributed by atoms with van der Waals surface area (Å²) in [6, 6.07) is 12.4. The number of nitrogens with one attached hydrogen (secondary N) is 1. The first-order chi connectivity index (χ1) is 9.44. The summed E-state index contributed by atoms with van der Waals surface area (Å²) >= 11 is 0. The van der Waals surface area contributed by atoms with Gasteiger partial charge in [0.25, 0.3) is 11.9 Å². The van der Waals surface area contributed by atoms with Crippen LogP contribution in [0.15, 0.2) is 46.9 Å². The van der Waals surface area contributed by atoms with Crippen LogP contribution in [0.4, 0.5) is 0 Å². The van der Waals surface area contributed by atoms with E-state index in [4.69, 9.17) is 14.9 Å². The Balaban J connectivity index is 1.97. The van der Waals surface area contributed by atoms with Crippen molar-refractivity contribution in [2.24, 2.45) is 5.73 Å². The van der Waals surface area contributed by atoms with Crippen LogP contribution in [0.3, 0.4) is 0 Å². The molecule has 0 radical (unpaired) electrons. The highest BCUT2D eigenvalue weighted by atomic mass is 16.6. The topological polar surface area (TPSA) is 77.5 Å². The van der Waals surface area contributed by atoms with E-state index in [-0.39, 0.29) is 17.6 Å². The zero-order valence-corrected chi connectivity index (χ0v) is 11.6. The molecule has 0 aliphatic carbocycles. The Labute approximate surface area is 117 Å². The standard InChI is InChI=1S/C15H18N2O3/c1-15(2,16)10-17-14(18)12-8-9-13(20-12)19-11-6-4-3-5-7-11/h3-9H,10,16H2,1-2H3,(H,17,18). The highest BCUT2D eigenvalue weighted by Crippen LogP contribution is 2.23. The summed E-state index contributed by atoms with van der Waals surface area (Å²) in [6.45, 7) is 4.03. The number of hydrogen-bond donors (Lipinski definition) is 2. The number of ether oxygens (including phenoxy) is 1. The van der Waals surface area contributed by atoms with Gasteiger partial charge in [-0.15, -0.1) is 0 Å². The van der Waals surface area contributed by atoms with Gasteiger partial charge in [0.05, 0.1) is 0 Å². The van der Waals surface area contributed by atoms with E-state index in [9.17, 15) is 4.79 Å². The van der Waals surface area contributed by atoms with Gasteiger partial charge in [0.1, 0.15) is 5.75 Å². The van der Waals surface area contributed by atoms with Gasteiger partial charge in [0, 0.05) is 18.2 Å². The third-order valence-corrected chi connectivity index (χ3v) is 2.47. The monoisotopic (exact) mass is 274 g/mol. The largest absolute Gasteiger partial charge is 0.426 e. The van der Waals surface area contributed by atoms with Crippen molar-refractivity contribution < 1.29 is 13.9 Å². The number of carbonyl (C=O) groups excluding carboxylic acids is 1. The Morgan fingerprint density at radius 1 is 1.25 bits per heavy atom. The van der Waals surface area contributed by atoms with Crippen LogP contribution >= 0.6 is 0 Å². The summed E-state index contributed by atoms with van der Waals surface area (Å²) in [4.78, 5) is 11.8. The normalized spacial score (nSPS) is 11.2. The number of carbonyl (C=O) groups is 1. The van der Waals surface area contributed by atoms with Crippen LogP contribution in [-0.4, -0.2) is 18.0 Å². The molecule has 2 rings (SSSR count). The highest BCUT2D eigenvalue weighted by Gasteiger charge is 2.16. The first-order valence-corrected chi connectivity index (χ1v) is 6.34. The summed E-state index contributed by atoms with van der Waals surface area (Å²) in [5, 5.41) is 2.70. The molecule has 5 nitrogen and oxygen atoms in total. The number of para-hydroxylation sites is 1. The lowest BCUT2D eigenvalue weighted by Crippen LogP contribution is -2.45. The predicted octanol–water partition coefficient (Wildman–Crippen LogP) is 2.54. The Morgan fingerprint density at radius 3 is 2.60 bits per heavy atom. The lowest BCUT2D eigenvalue weighted by Gasteiger charge is -2.18. The molecule has 0 atom stereocenters. The maximum absolute atomic E-state index is 11.8. The van der Waals surface area contributed by atoms with Crippen LogP contribution < -0.4 is 15.8 Å². The maximum Gasteiger partial charge on any atom is 0.290 e. The summed E-state index contributed by atoms with van der Waals surface area (Å²) < 4.78 is 10.8. The molecule has 20 heavy (non-hydrogen) atoms. The van der Waals surface area contributed by atoms with Gasteiger partial charge in [-0.2, -0.15) is 0 Å². The summed E-state index contributed by atoms with van der Waals surface area (Å²) in [5.74, 6) is 0.803. The number of rotatable bonds is 5. The van der Waals surface area contributed by atoms with Gasteiger partial charge in [-0.3, -0.25) is 4.79 Å². The summed E-state index contributed by atoms with van der Waals surface area (Å²) in [5.41, 5.74) is 5.33. The van der Waals surface area contributed by atoms with Crippen LogP contribution in [0, 0.1) is 0 Å². The van der Waals surface area contributed by atoms with E-state index >= 15 is 0 Å². The lowest BCUT2D eigenvalue weighted by molar-refractivity contribution is 0.0913. The molecule has 3 N–H and O–H groups in total. The van der Waals surface area contributed by atoms with Crippen molar-refractivity contribution in [2.75, 3.05) is 6.54 Å². The number of amides is 1. The number of benzene rings is 1. The van der Waals surface area contributed by atoms with E-state index in [1.54, 1.807) is 24.3 Å². The number of nitrogens with two attached hydrogens (primary N) is 1. The molecule has 1 aromatic heterocycles. The van der Waals surface area contributed by atoms with E-state index in [2.05, 4.69) is 5.32 Å². The number of furan rings is 1. The molecule has 0 unspecified atom stereocenters. The van der Waals surface area contributed by atoms with Gasteiger partial charge in [0.2, 0.25) is 0 Å². The average Bonchev–Trinajstić information content (AvgIpc) is 2.85. The smallest absolute Gasteiger partial charge is 0.290 e. The van der Waals surface area contributed by atoms with E-state index in [0.717, 1.165) is 0 Å². The van der Waals surface area contributed by atoms with Crippen LogP contribution in [0.2, 0.25) is 0 Å². The molecular formula is C15H18N2O3. The molecule has 5 heteroatoms. The second-order valence-electron chi connectivity index (χ2n) is 5.21. The molecule has 0 saturated carbocycles. The van der Waals surface area contributed by atoms with Crippen molar-refractivity contribution in [2.45, 2.75) is 19.4 Å². The zero-order valence-electron chi connectivity index (χ0n) is 11.6. The van der Waals surface area contributed by atoms with Gasteiger partial charge in [-0.25, -0.2) is 0 Å². The van der Waals surface area contributed by atoms with Gasteiger partial charge in [-0.05, 0) is 32.0 Å². The Hall–Kier alpha value is -2.27. The van der Waals surface area contributed by atoms with Crippen LogP contribution in [0.1, 0.15) is 24.4 Å². The summed E-state index contributed by atoms with van der Waals surface area (Å²) in [6.07, 6.45) is 0. The van der Waals surface area contributed by atoms with Crippen molar-refractivity contribution >= 4 is 5.91 Å². The SMILES string of the molecule is CC(C)(N)CNC(=O)c1ccc(Oc2ccccc2)o1. The van der Waals surface area contributed by atoms with Crippen molar-refractivity contribution in [3.05, 3.63) is 48.2 Å². The maximum atomic E-state index is 11.8. The average molecular weight is 274 g/mol. The first kappa shape index (κ1) is 14.1. The van der Waals surface area contributed by atoms with Gasteiger partial charge in [-0.1, -0.05) is 18.2 Å². The molecule has 2 aromatic rings. The third-order valence-electron chi connectivity index (χ3n) is 2.47. The molecule has 0 saturated heterocycles. The van der Waals surface area contributed by atoms with Crippen LogP contribution in [0.5, 0.6) is 11.7 Å². The van der Waals surface area contributed by atoms with E-state index in [1.807, 2.05) is 32.0 Å². The van der Waals surface area contributed by atoms with Gasteiger partial charge >= 0.3 is 0 Å². The summed E-state index contributed by atoms with van der Waals surface area (Å²) in [7, 11) is 0. The van der Waals surface area contributed by atoms with E-state index in [0.29, 0.717) is 12.3 Å². The van der Waals surface area contributed by atoms with Crippen molar-refractivity contribution in [1.82, 2.24) is 5.32 Å². The van der Waals surface area contributed by atoms with Crippen molar-refractivity contribution in [3.63, 3.8) is 0 Å². The minimum atomic E-state index is -0.467. The quantitative estimate of drug-likeness (QED) is 0.878. The van der Waals surface area contributed by atoms with Crippen LogP contribution in [-0.2, 0) is 0 Å². The molecule has 0 aliphatic rings. The predicted molar refractivity (Wildman–Crippen MR) is 75.8 cm³/mol. The fraction of sp³-hybridized carbons (Fsp3) is 0.267. The third kappa shape index (κ3) is 4.13. The zero-order chi connectivity index (χ0) is 14.6. The molecular weight excluding hydrogens is 256 g/mol. The van der Waals surface area contributed by atoms with Crippen LogP contribution in [0.25, 0.3) is 0 Å². The van der Waals surface area contributed by atoms with Gasteiger partial charge < -0.3 is 20.2 Å². The number of hydrogen-bond acceptors (Lipinski definition) is 4. The van der Waals surface area contributed by atoms with E-state index in [1.165, 1.54) is 0 Å². The second-order valence-corrected chi connectivity index (χ2v) is 5.21. The first-order valence-electron chi connectivity index (χ1n) is 6.34. The molecule has 1 heterocycles. The van der Waals surface area contributed by atoms with Gasteiger partial charge in [0.15, 0.2) is 5.76 Å². The lowest BCUT2D eigenvalue weighted by atomic mass is 10.1. The molecule has 0 bridgehead atoms. The molecule has 1 amide bonds. The molecule has 106 valence electrons. The Morgan fingerprint density at radius 2 is 1.95 bits per heavy atom. The fourth-order valence-corrected chi connectivity index (χ4v) is 1.50. The molecule has 0 aliphatic heterocycles. The Bertz CT molecular complexity index is 570. The minimum Gasteiger partial charge on any atom is -0.426 e. The van der Waals surface area contributed by atoms with E-state index < -0.39 is 5.54 Å². The fourth-order valence-electron chi connectivity index (χ4n) is 1.50. The molecule has 0 fully saturated rings. The Kier molecular flexibility index (Phi) is 4.10. The highest BCUT2D eigenvalue weighted by molar-refractivity contribution is 5.91.